The summed E-state index contributed by atoms with van der Waals surface area (Å²) in [6.45, 7) is 3.17. The van der Waals surface area contributed by atoms with Crippen molar-refractivity contribution in [1.29, 1.82) is 0 Å². The van der Waals surface area contributed by atoms with Gasteiger partial charge in [-0.3, -0.25) is 0 Å². The summed E-state index contributed by atoms with van der Waals surface area (Å²) in [7, 11) is 0. The number of hydrogen-bond acceptors (Lipinski definition) is 1. The number of rotatable bonds is 4. The van der Waals surface area contributed by atoms with Crippen molar-refractivity contribution in [3.63, 3.8) is 0 Å². The highest BCUT2D eigenvalue weighted by Crippen LogP contribution is 2.31. The van der Waals surface area contributed by atoms with Crippen LogP contribution in [0.25, 0.3) is 21.8 Å². The molecule has 0 aliphatic carbocycles. The van der Waals surface area contributed by atoms with Gasteiger partial charge in [-0.15, -0.1) is 0 Å². The van der Waals surface area contributed by atoms with Gasteiger partial charge in [-0.2, -0.15) is 0 Å². The molecule has 2 nitrogen and oxygen atoms in total. The van der Waals surface area contributed by atoms with Crippen molar-refractivity contribution in [3.05, 3.63) is 78.9 Å². The summed E-state index contributed by atoms with van der Waals surface area (Å²) in [6, 6.07) is 28.1. The molecule has 1 atom stereocenters. The summed E-state index contributed by atoms with van der Waals surface area (Å²) in [6.07, 6.45) is 0. The van der Waals surface area contributed by atoms with Crippen molar-refractivity contribution in [2.75, 3.05) is 11.9 Å². The Morgan fingerprint density at radius 1 is 0.739 bits per heavy atom. The van der Waals surface area contributed by atoms with Crippen LogP contribution in [0.3, 0.4) is 0 Å². The van der Waals surface area contributed by atoms with Crippen LogP contribution in [0.1, 0.15) is 13.0 Å². The standard InChI is InChI=1S/C21H20N2/c1-16(15-22-17-9-3-2-4-10-17)23-20-13-7-5-11-18(20)19-12-6-8-14-21(19)23/h2-14,16,22H,15H2,1H3. The first-order chi connectivity index (χ1) is 11.3. The first kappa shape index (κ1) is 13.9. The zero-order valence-electron chi connectivity index (χ0n) is 13.2. The lowest BCUT2D eigenvalue weighted by Crippen LogP contribution is -2.15. The highest BCUT2D eigenvalue weighted by molar-refractivity contribution is 6.08. The van der Waals surface area contributed by atoms with Gasteiger partial charge in [-0.25, -0.2) is 0 Å². The summed E-state index contributed by atoms with van der Waals surface area (Å²) in [5, 5.41) is 6.20. The van der Waals surface area contributed by atoms with Gasteiger partial charge in [0.25, 0.3) is 0 Å². The number of para-hydroxylation sites is 3. The van der Waals surface area contributed by atoms with Gasteiger partial charge in [0.05, 0.1) is 0 Å². The van der Waals surface area contributed by atoms with Crippen LogP contribution in [0.15, 0.2) is 78.9 Å². The normalized spacial score (nSPS) is 12.6. The van der Waals surface area contributed by atoms with E-state index in [0.29, 0.717) is 6.04 Å². The fourth-order valence-electron chi connectivity index (χ4n) is 3.34. The van der Waals surface area contributed by atoms with Crippen molar-refractivity contribution in [2.24, 2.45) is 0 Å². The van der Waals surface area contributed by atoms with Gasteiger partial charge in [0, 0.05) is 40.1 Å². The molecule has 4 rings (SSSR count). The molecular formula is C21H20N2. The van der Waals surface area contributed by atoms with Crippen LogP contribution in [-0.4, -0.2) is 11.1 Å². The third-order valence-corrected chi connectivity index (χ3v) is 4.43. The highest BCUT2D eigenvalue weighted by Gasteiger charge is 2.14. The lowest BCUT2D eigenvalue weighted by Gasteiger charge is -2.18. The number of hydrogen-bond donors (Lipinski definition) is 1. The van der Waals surface area contributed by atoms with Gasteiger partial charge < -0.3 is 9.88 Å². The largest absolute Gasteiger partial charge is 0.383 e. The fourth-order valence-corrected chi connectivity index (χ4v) is 3.34. The van der Waals surface area contributed by atoms with Crippen molar-refractivity contribution in [1.82, 2.24) is 4.57 Å². The molecule has 0 spiro atoms. The lowest BCUT2D eigenvalue weighted by atomic mass is 10.2. The first-order valence-electron chi connectivity index (χ1n) is 8.11. The number of nitrogens with one attached hydrogen (secondary N) is 1. The Morgan fingerprint density at radius 2 is 1.26 bits per heavy atom. The molecule has 0 saturated carbocycles. The van der Waals surface area contributed by atoms with Crippen LogP contribution in [0.2, 0.25) is 0 Å². The van der Waals surface area contributed by atoms with Gasteiger partial charge in [0.1, 0.15) is 0 Å². The predicted octanol–water partition coefficient (Wildman–Crippen LogP) is 5.47. The Morgan fingerprint density at radius 3 is 1.87 bits per heavy atom. The molecule has 0 bridgehead atoms. The molecule has 3 aromatic carbocycles. The Hall–Kier alpha value is -2.74. The van der Waals surface area contributed by atoms with Crippen molar-refractivity contribution in [2.45, 2.75) is 13.0 Å². The van der Waals surface area contributed by atoms with Gasteiger partial charge in [-0.05, 0) is 31.2 Å². The quantitative estimate of drug-likeness (QED) is 0.529. The molecule has 0 saturated heterocycles. The monoisotopic (exact) mass is 300 g/mol. The molecule has 1 heterocycles. The molecule has 2 heteroatoms. The molecule has 0 fully saturated rings. The molecule has 1 aromatic heterocycles. The minimum Gasteiger partial charge on any atom is -0.383 e. The zero-order valence-corrected chi connectivity index (χ0v) is 13.2. The van der Waals surface area contributed by atoms with E-state index in [1.165, 1.54) is 27.5 Å². The van der Waals surface area contributed by atoms with Crippen LogP contribution < -0.4 is 5.32 Å². The maximum absolute atomic E-state index is 3.54. The summed E-state index contributed by atoms with van der Waals surface area (Å²) < 4.78 is 2.45. The van der Waals surface area contributed by atoms with Crippen LogP contribution in [0, 0.1) is 0 Å². The summed E-state index contributed by atoms with van der Waals surface area (Å²) >= 11 is 0. The van der Waals surface area contributed by atoms with E-state index >= 15 is 0 Å². The number of benzene rings is 3. The van der Waals surface area contributed by atoms with Crippen molar-refractivity contribution in [3.8, 4) is 0 Å². The van der Waals surface area contributed by atoms with Gasteiger partial charge in [0.15, 0.2) is 0 Å². The van der Waals surface area contributed by atoms with Gasteiger partial charge >= 0.3 is 0 Å². The fraction of sp³-hybridized carbons (Fsp3) is 0.143. The molecule has 0 aliphatic rings. The molecule has 0 amide bonds. The van der Waals surface area contributed by atoms with E-state index in [4.69, 9.17) is 0 Å². The second kappa shape index (κ2) is 5.81. The third-order valence-electron chi connectivity index (χ3n) is 4.43. The molecule has 1 N–H and O–H groups in total. The maximum Gasteiger partial charge on any atom is 0.0494 e. The number of anilines is 1. The minimum atomic E-state index is 0.361. The highest BCUT2D eigenvalue weighted by atomic mass is 15.0. The van der Waals surface area contributed by atoms with E-state index in [2.05, 4.69) is 89.6 Å². The summed E-state index contributed by atoms with van der Waals surface area (Å²) in [5.41, 5.74) is 3.77. The van der Waals surface area contributed by atoms with Gasteiger partial charge in [0.2, 0.25) is 0 Å². The van der Waals surface area contributed by atoms with Crippen molar-refractivity contribution >= 4 is 27.5 Å². The smallest absolute Gasteiger partial charge is 0.0494 e. The van der Waals surface area contributed by atoms with E-state index in [0.717, 1.165) is 6.54 Å². The average molecular weight is 300 g/mol. The lowest BCUT2D eigenvalue weighted by molar-refractivity contribution is 0.610. The first-order valence-corrected chi connectivity index (χ1v) is 8.11. The third kappa shape index (κ3) is 2.46. The molecule has 23 heavy (non-hydrogen) atoms. The zero-order chi connectivity index (χ0) is 15.6. The van der Waals surface area contributed by atoms with Gasteiger partial charge in [-0.1, -0.05) is 54.6 Å². The molecule has 1 unspecified atom stereocenters. The summed E-state index contributed by atoms with van der Waals surface area (Å²) in [4.78, 5) is 0. The number of fused-ring (bicyclic) bond motifs is 3. The van der Waals surface area contributed by atoms with Crippen LogP contribution in [0.5, 0.6) is 0 Å². The van der Waals surface area contributed by atoms with Crippen molar-refractivity contribution < 1.29 is 0 Å². The summed E-state index contributed by atoms with van der Waals surface area (Å²) in [5.74, 6) is 0. The second-order valence-corrected chi connectivity index (χ2v) is 6.00. The molecule has 0 aliphatic heterocycles. The Labute approximate surface area is 136 Å². The maximum atomic E-state index is 3.54. The molecule has 0 radical (unpaired) electrons. The van der Waals surface area contributed by atoms with Crippen LogP contribution >= 0.6 is 0 Å². The Bertz CT molecular complexity index is 885. The SMILES string of the molecule is CC(CNc1ccccc1)n1c2ccccc2c2ccccc21. The number of nitrogens with zero attached hydrogens (tertiary/aromatic N) is 1. The van der Waals surface area contributed by atoms with E-state index < -0.39 is 0 Å². The molecule has 4 aromatic rings. The predicted molar refractivity (Wildman–Crippen MR) is 99.1 cm³/mol. The van der Waals surface area contributed by atoms with Crippen LogP contribution in [0.4, 0.5) is 5.69 Å². The van der Waals surface area contributed by atoms with E-state index in [1.54, 1.807) is 0 Å². The van der Waals surface area contributed by atoms with E-state index in [9.17, 15) is 0 Å². The average Bonchev–Trinajstić information content (AvgIpc) is 2.95. The molecule has 114 valence electrons. The minimum absolute atomic E-state index is 0.361. The topological polar surface area (TPSA) is 17.0 Å². The number of aromatic nitrogens is 1. The Kier molecular flexibility index (Phi) is 3.51. The second-order valence-electron chi connectivity index (χ2n) is 6.00. The van der Waals surface area contributed by atoms with Crippen LogP contribution in [-0.2, 0) is 0 Å². The van der Waals surface area contributed by atoms with E-state index in [-0.39, 0.29) is 0 Å². The van der Waals surface area contributed by atoms with E-state index in [1.807, 2.05) is 6.07 Å². The Balaban J connectivity index is 1.74. The molecular weight excluding hydrogens is 280 g/mol.